The van der Waals surface area contributed by atoms with Gasteiger partial charge in [-0.05, 0) is 37.1 Å². The first-order valence-electron chi connectivity index (χ1n) is 6.28. The molecule has 3 nitrogen and oxygen atoms in total. The van der Waals surface area contributed by atoms with Crippen LogP contribution in [-0.4, -0.2) is 11.1 Å². The Morgan fingerprint density at radius 2 is 1.89 bits per heavy atom. The molecule has 0 atom stereocenters. The minimum absolute atomic E-state index is 0.146. The summed E-state index contributed by atoms with van der Waals surface area (Å²) in [6, 6.07) is 15.9. The van der Waals surface area contributed by atoms with Crippen LogP contribution < -0.4 is 5.32 Å². The molecule has 2 aromatic carbocycles. The summed E-state index contributed by atoms with van der Waals surface area (Å²) in [5, 5.41) is 12.1. The molecule has 0 radical (unpaired) electrons. The Hall–Kier alpha value is -2.29. The summed E-state index contributed by atoms with van der Waals surface area (Å²) in [4.78, 5) is 10.7. The van der Waals surface area contributed by atoms with Crippen molar-refractivity contribution in [3.05, 3.63) is 59.7 Å². The molecule has 2 N–H and O–H groups in total. The number of rotatable bonds is 5. The van der Waals surface area contributed by atoms with Gasteiger partial charge in [-0.2, -0.15) is 0 Å². The average molecular weight is 255 g/mol. The van der Waals surface area contributed by atoms with E-state index >= 15 is 0 Å². The standard InChI is InChI=1S/C16H17NO2/c1-12-7-9-15(13(11-12)8-10-16(18)19)17-14-5-3-2-4-6-14/h2-7,9,11,17H,8,10H2,1H3,(H,18,19). The van der Waals surface area contributed by atoms with E-state index in [0.717, 1.165) is 22.5 Å². The highest BCUT2D eigenvalue weighted by Crippen LogP contribution is 2.23. The van der Waals surface area contributed by atoms with E-state index in [4.69, 9.17) is 5.11 Å². The summed E-state index contributed by atoms with van der Waals surface area (Å²) < 4.78 is 0. The predicted octanol–water partition coefficient (Wildman–Crippen LogP) is 3.76. The molecule has 0 unspecified atom stereocenters. The molecule has 2 aromatic rings. The number of para-hydroxylation sites is 1. The van der Waals surface area contributed by atoms with Gasteiger partial charge in [-0.1, -0.05) is 35.9 Å². The van der Waals surface area contributed by atoms with Gasteiger partial charge in [0.05, 0.1) is 0 Å². The largest absolute Gasteiger partial charge is 0.481 e. The highest BCUT2D eigenvalue weighted by Gasteiger charge is 2.06. The molecular weight excluding hydrogens is 238 g/mol. The molecule has 0 amide bonds. The van der Waals surface area contributed by atoms with Crippen molar-refractivity contribution < 1.29 is 9.90 Å². The fourth-order valence-corrected chi connectivity index (χ4v) is 1.97. The zero-order valence-corrected chi connectivity index (χ0v) is 10.9. The normalized spacial score (nSPS) is 10.2. The van der Waals surface area contributed by atoms with Gasteiger partial charge < -0.3 is 10.4 Å². The lowest BCUT2D eigenvalue weighted by atomic mass is 10.0. The lowest BCUT2D eigenvalue weighted by Crippen LogP contribution is -2.01. The fraction of sp³-hybridized carbons (Fsp3) is 0.188. The van der Waals surface area contributed by atoms with Crippen LogP contribution in [0, 0.1) is 6.92 Å². The van der Waals surface area contributed by atoms with Gasteiger partial charge in [-0.25, -0.2) is 0 Å². The maximum absolute atomic E-state index is 10.7. The van der Waals surface area contributed by atoms with Crippen LogP contribution in [0.3, 0.4) is 0 Å². The van der Waals surface area contributed by atoms with Crippen LogP contribution in [0.25, 0.3) is 0 Å². The van der Waals surface area contributed by atoms with Crippen LogP contribution in [0.1, 0.15) is 17.5 Å². The van der Waals surface area contributed by atoms with E-state index in [2.05, 4.69) is 5.32 Å². The average Bonchev–Trinajstić information content (AvgIpc) is 2.40. The third kappa shape index (κ3) is 3.85. The van der Waals surface area contributed by atoms with Crippen LogP contribution in [0.2, 0.25) is 0 Å². The van der Waals surface area contributed by atoms with E-state index in [0.29, 0.717) is 6.42 Å². The molecule has 0 aliphatic carbocycles. The highest BCUT2D eigenvalue weighted by atomic mass is 16.4. The number of anilines is 2. The Balaban J connectivity index is 2.21. The molecule has 0 aliphatic heterocycles. The van der Waals surface area contributed by atoms with Gasteiger partial charge in [0.2, 0.25) is 0 Å². The van der Waals surface area contributed by atoms with Gasteiger partial charge in [0.1, 0.15) is 0 Å². The second-order valence-corrected chi connectivity index (χ2v) is 4.55. The minimum atomic E-state index is -0.771. The number of carboxylic acids is 1. The van der Waals surface area contributed by atoms with Crippen LogP contribution in [0.4, 0.5) is 11.4 Å². The summed E-state index contributed by atoms with van der Waals surface area (Å²) in [5.41, 5.74) is 4.14. The Morgan fingerprint density at radius 3 is 2.58 bits per heavy atom. The number of nitrogens with one attached hydrogen (secondary N) is 1. The Kier molecular flexibility index (Phi) is 4.18. The van der Waals surface area contributed by atoms with Crippen molar-refractivity contribution in [1.29, 1.82) is 0 Å². The van der Waals surface area contributed by atoms with Crippen molar-refractivity contribution in [3.8, 4) is 0 Å². The minimum Gasteiger partial charge on any atom is -0.481 e. The fourth-order valence-electron chi connectivity index (χ4n) is 1.97. The molecule has 0 bridgehead atoms. The summed E-state index contributed by atoms with van der Waals surface area (Å²) in [7, 11) is 0. The van der Waals surface area contributed by atoms with Crippen molar-refractivity contribution in [3.63, 3.8) is 0 Å². The maximum Gasteiger partial charge on any atom is 0.303 e. The van der Waals surface area contributed by atoms with Gasteiger partial charge in [-0.15, -0.1) is 0 Å². The van der Waals surface area contributed by atoms with Crippen molar-refractivity contribution in [2.75, 3.05) is 5.32 Å². The van der Waals surface area contributed by atoms with E-state index in [-0.39, 0.29) is 6.42 Å². The number of carbonyl (C=O) groups is 1. The lowest BCUT2D eigenvalue weighted by Gasteiger charge is -2.12. The van der Waals surface area contributed by atoms with Gasteiger partial charge >= 0.3 is 5.97 Å². The molecule has 0 saturated heterocycles. The smallest absolute Gasteiger partial charge is 0.303 e. The van der Waals surface area contributed by atoms with Crippen molar-refractivity contribution in [2.45, 2.75) is 19.8 Å². The van der Waals surface area contributed by atoms with Gasteiger partial charge in [-0.3, -0.25) is 4.79 Å². The third-order valence-corrected chi connectivity index (χ3v) is 2.92. The van der Waals surface area contributed by atoms with Crippen LogP contribution in [-0.2, 0) is 11.2 Å². The topological polar surface area (TPSA) is 49.3 Å². The molecule has 98 valence electrons. The van der Waals surface area contributed by atoms with Gasteiger partial charge in [0, 0.05) is 17.8 Å². The number of benzene rings is 2. The van der Waals surface area contributed by atoms with E-state index in [1.54, 1.807) is 0 Å². The Bertz CT molecular complexity index is 564. The first-order valence-corrected chi connectivity index (χ1v) is 6.28. The lowest BCUT2D eigenvalue weighted by molar-refractivity contribution is -0.136. The molecular formula is C16H17NO2. The molecule has 19 heavy (non-hydrogen) atoms. The van der Waals surface area contributed by atoms with E-state index < -0.39 is 5.97 Å². The predicted molar refractivity (Wildman–Crippen MR) is 76.9 cm³/mol. The number of aryl methyl sites for hydroxylation is 2. The number of hydrogen-bond acceptors (Lipinski definition) is 2. The van der Waals surface area contributed by atoms with E-state index in [1.165, 1.54) is 0 Å². The van der Waals surface area contributed by atoms with Crippen LogP contribution in [0.15, 0.2) is 48.5 Å². The number of carboxylic acid groups (broad SMARTS) is 1. The zero-order valence-electron chi connectivity index (χ0n) is 10.9. The van der Waals surface area contributed by atoms with Gasteiger partial charge in [0.25, 0.3) is 0 Å². The number of hydrogen-bond donors (Lipinski definition) is 2. The summed E-state index contributed by atoms with van der Waals surface area (Å²) in [6.45, 7) is 2.01. The molecule has 3 heteroatoms. The first kappa shape index (κ1) is 13.1. The van der Waals surface area contributed by atoms with Crippen molar-refractivity contribution in [1.82, 2.24) is 0 Å². The monoisotopic (exact) mass is 255 g/mol. The van der Waals surface area contributed by atoms with Gasteiger partial charge in [0.15, 0.2) is 0 Å². The molecule has 0 aliphatic rings. The second kappa shape index (κ2) is 6.05. The van der Waals surface area contributed by atoms with Crippen molar-refractivity contribution >= 4 is 17.3 Å². The molecule has 0 aromatic heterocycles. The summed E-state index contributed by atoms with van der Waals surface area (Å²) in [5.74, 6) is -0.771. The SMILES string of the molecule is Cc1ccc(Nc2ccccc2)c(CCC(=O)O)c1. The molecule has 2 rings (SSSR count). The van der Waals surface area contributed by atoms with E-state index in [9.17, 15) is 4.79 Å². The Morgan fingerprint density at radius 1 is 1.16 bits per heavy atom. The molecule has 0 spiro atoms. The Labute approximate surface area is 112 Å². The quantitative estimate of drug-likeness (QED) is 0.855. The molecule has 0 fully saturated rings. The summed E-state index contributed by atoms with van der Waals surface area (Å²) in [6.07, 6.45) is 0.680. The third-order valence-electron chi connectivity index (χ3n) is 2.92. The number of aliphatic carboxylic acids is 1. The summed E-state index contributed by atoms with van der Waals surface area (Å²) >= 11 is 0. The maximum atomic E-state index is 10.7. The van der Waals surface area contributed by atoms with Crippen molar-refractivity contribution in [2.24, 2.45) is 0 Å². The van der Waals surface area contributed by atoms with Crippen LogP contribution >= 0.6 is 0 Å². The van der Waals surface area contributed by atoms with E-state index in [1.807, 2.05) is 55.5 Å². The second-order valence-electron chi connectivity index (χ2n) is 4.55. The zero-order chi connectivity index (χ0) is 13.7. The highest BCUT2D eigenvalue weighted by molar-refractivity contribution is 5.69. The molecule has 0 saturated carbocycles. The first-order chi connectivity index (χ1) is 9.15. The molecule has 0 heterocycles. The van der Waals surface area contributed by atoms with Crippen LogP contribution in [0.5, 0.6) is 0 Å².